The molecule has 56 heavy (non-hydrogen) atoms. The lowest BCUT2D eigenvalue weighted by Crippen LogP contribution is -2.19. The molecule has 7 aromatic carbocycles. The number of anilines is 6. The van der Waals surface area contributed by atoms with Gasteiger partial charge in [0.1, 0.15) is 0 Å². The fourth-order valence-electron chi connectivity index (χ4n) is 9.91. The van der Waals surface area contributed by atoms with E-state index in [1.165, 1.54) is 112 Å². The molecule has 0 radical (unpaired) electrons. The van der Waals surface area contributed by atoms with Crippen LogP contribution in [0.5, 0.6) is 0 Å². The van der Waals surface area contributed by atoms with Gasteiger partial charge in [-0.25, -0.2) is 0 Å². The van der Waals surface area contributed by atoms with Crippen LogP contribution in [-0.2, 0) is 10.8 Å². The predicted octanol–water partition coefficient (Wildman–Crippen LogP) is 15.1. The summed E-state index contributed by atoms with van der Waals surface area (Å²) in [5.41, 5.74) is 25.7. The Balaban J connectivity index is 1.19. The number of benzene rings is 7. The van der Waals surface area contributed by atoms with Crippen molar-refractivity contribution in [2.45, 2.75) is 80.1 Å². The fraction of sp³-hybridized carbons (Fsp3) is 0.222. The van der Waals surface area contributed by atoms with Gasteiger partial charge in [-0.3, -0.25) is 0 Å². The zero-order valence-electron chi connectivity index (χ0n) is 34.6. The molecule has 0 atom stereocenters. The summed E-state index contributed by atoms with van der Waals surface area (Å²) < 4.78 is 0. The van der Waals surface area contributed by atoms with Gasteiger partial charge in [0.05, 0.1) is 0 Å². The molecule has 0 N–H and O–H groups in total. The summed E-state index contributed by atoms with van der Waals surface area (Å²) in [5, 5.41) is 0. The number of hydrogen-bond donors (Lipinski definition) is 0. The molecule has 0 aromatic heterocycles. The van der Waals surface area contributed by atoms with E-state index in [0.29, 0.717) is 0 Å². The smallest absolute Gasteiger partial charge is 0.0467 e. The van der Waals surface area contributed by atoms with Crippen molar-refractivity contribution in [3.8, 4) is 22.3 Å². The molecule has 0 unspecified atom stereocenters. The lowest BCUT2D eigenvalue weighted by molar-refractivity contribution is 0.648. The molecule has 0 fully saturated rings. The van der Waals surface area contributed by atoms with Gasteiger partial charge in [0.15, 0.2) is 0 Å². The zero-order valence-corrected chi connectivity index (χ0v) is 34.6. The minimum Gasteiger partial charge on any atom is -0.310 e. The molecule has 0 amide bonds. The Morgan fingerprint density at radius 2 is 0.839 bits per heavy atom. The molecular weight excluding hydrogens is 677 g/mol. The highest BCUT2D eigenvalue weighted by Crippen LogP contribution is 2.60. The van der Waals surface area contributed by atoms with Crippen LogP contribution in [0.2, 0.25) is 0 Å². The van der Waals surface area contributed by atoms with Gasteiger partial charge in [0.25, 0.3) is 0 Å². The highest BCUT2D eigenvalue weighted by Gasteiger charge is 2.44. The molecule has 2 aliphatic rings. The Labute approximate surface area is 334 Å². The van der Waals surface area contributed by atoms with Gasteiger partial charge in [-0.05, 0) is 187 Å². The molecular formula is C54H52N2. The second-order valence-corrected chi connectivity index (χ2v) is 17.5. The fourth-order valence-corrected chi connectivity index (χ4v) is 9.91. The molecule has 9 rings (SSSR count). The summed E-state index contributed by atoms with van der Waals surface area (Å²) >= 11 is 0. The van der Waals surface area contributed by atoms with E-state index in [-0.39, 0.29) is 10.8 Å². The molecule has 0 aliphatic heterocycles. The lowest BCUT2D eigenvalue weighted by Gasteiger charge is -2.29. The molecule has 278 valence electrons. The van der Waals surface area contributed by atoms with E-state index in [1.54, 1.807) is 0 Å². The van der Waals surface area contributed by atoms with Gasteiger partial charge >= 0.3 is 0 Å². The van der Waals surface area contributed by atoms with Crippen molar-refractivity contribution in [3.05, 3.63) is 189 Å². The summed E-state index contributed by atoms with van der Waals surface area (Å²) in [6.45, 7) is 23.1. The third-order valence-corrected chi connectivity index (χ3v) is 12.7. The van der Waals surface area contributed by atoms with Gasteiger partial charge in [0, 0.05) is 45.0 Å². The third-order valence-electron chi connectivity index (χ3n) is 12.7. The minimum atomic E-state index is -0.184. The summed E-state index contributed by atoms with van der Waals surface area (Å²) in [5.74, 6) is 0. The molecule has 0 bridgehead atoms. The average Bonchev–Trinajstić information content (AvgIpc) is 3.53. The minimum absolute atomic E-state index is 0.180. The van der Waals surface area contributed by atoms with E-state index < -0.39 is 0 Å². The van der Waals surface area contributed by atoms with Crippen molar-refractivity contribution in [2.24, 2.45) is 0 Å². The molecule has 2 aliphatic carbocycles. The normalized spacial score (nSPS) is 14.2. The first kappa shape index (κ1) is 35.8. The molecule has 0 heterocycles. The topological polar surface area (TPSA) is 6.48 Å². The van der Waals surface area contributed by atoms with Crippen molar-refractivity contribution >= 4 is 34.1 Å². The lowest BCUT2D eigenvalue weighted by atomic mass is 9.76. The maximum absolute atomic E-state index is 2.56. The molecule has 0 saturated carbocycles. The van der Waals surface area contributed by atoms with Gasteiger partial charge < -0.3 is 9.80 Å². The molecule has 7 aromatic rings. The van der Waals surface area contributed by atoms with E-state index in [2.05, 4.69) is 212 Å². The van der Waals surface area contributed by atoms with Crippen LogP contribution in [0.4, 0.5) is 34.1 Å². The number of aryl methyl sites for hydroxylation is 5. The maximum Gasteiger partial charge on any atom is 0.0467 e. The Hall–Kier alpha value is -5.86. The van der Waals surface area contributed by atoms with Gasteiger partial charge in [-0.15, -0.1) is 0 Å². The van der Waals surface area contributed by atoms with Gasteiger partial charge in [-0.2, -0.15) is 0 Å². The van der Waals surface area contributed by atoms with E-state index in [1.807, 2.05) is 0 Å². The summed E-state index contributed by atoms with van der Waals surface area (Å²) in [7, 11) is 0. The van der Waals surface area contributed by atoms with Crippen LogP contribution >= 0.6 is 0 Å². The molecule has 0 saturated heterocycles. The molecule has 2 heteroatoms. The monoisotopic (exact) mass is 728 g/mol. The second kappa shape index (κ2) is 12.8. The van der Waals surface area contributed by atoms with Crippen LogP contribution in [0.1, 0.15) is 83.3 Å². The average molecular weight is 729 g/mol. The largest absolute Gasteiger partial charge is 0.310 e. The van der Waals surface area contributed by atoms with Crippen molar-refractivity contribution in [1.29, 1.82) is 0 Å². The van der Waals surface area contributed by atoms with Crippen LogP contribution in [0.3, 0.4) is 0 Å². The van der Waals surface area contributed by atoms with Crippen molar-refractivity contribution in [2.75, 3.05) is 9.80 Å². The van der Waals surface area contributed by atoms with Gasteiger partial charge in [0.2, 0.25) is 0 Å². The van der Waals surface area contributed by atoms with Crippen molar-refractivity contribution in [1.82, 2.24) is 0 Å². The first-order chi connectivity index (χ1) is 26.7. The van der Waals surface area contributed by atoms with E-state index >= 15 is 0 Å². The number of fused-ring (bicyclic) bond motifs is 6. The van der Waals surface area contributed by atoms with E-state index in [4.69, 9.17) is 0 Å². The first-order valence-corrected chi connectivity index (χ1v) is 20.1. The van der Waals surface area contributed by atoms with Crippen molar-refractivity contribution < 1.29 is 0 Å². The van der Waals surface area contributed by atoms with E-state index in [9.17, 15) is 0 Å². The Morgan fingerprint density at radius 3 is 1.39 bits per heavy atom. The van der Waals surface area contributed by atoms with Gasteiger partial charge in [-0.1, -0.05) is 93.4 Å². The van der Waals surface area contributed by atoms with Crippen molar-refractivity contribution in [3.63, 3.8) is 0 Å². The number of nitrogens with zero attached hydrogens (tertiary/aromatic N) is 2. The zero-order chi connectivity index (χ0) is 39.3. The van der Waals surface area contributed by atoms with Crippen LogP contribution in [0.25, 0.3) is 22.3 Å². The second-order valence-electron chi connectivity index (χ2n) is 17.5. The summed E-state index contributed by atoms with van der Waals surface area (Å²) in [6, 6.07) is 50.2. The van der Waals surface area contributed by atoms with Crippen LogP contribution in [-0.4, -0.2) is 0 Å². The standard InChI is InChI=1S/C54H52N2/c1-33-17-21-39(22-18-33)55(41-15-11-13-35(3)27-41)43-25-26-45-47(30-43)53(7,8)49-32-46-50-37(5)29-44(31-48(50)54(9,10)52(46)38(6)51(45)49)56(40-23-19-34(2)20-24-40)42-16-12-14-36(4)28-42/h11-32H,1-10H3. The molecule has 0 spiro atoms. The Bertz CT molecular complexity index is 2690. The SMILES string of the molecule is Cc1ccc(N(c2cccc(C)c2)c2ccc3c(c2)C(C)(C)c2cc4c(c(C)c2-3)C(C)(C)c2cc(N(c3ccc(C)cc3)c3cccc(C)c3)cc(C)c2-4)cc1. The Kier molecular flexibility index (Phi) is 8.22. The maximum atomic E-state index is 2.56. The quantitative estimate of drug-likeness (QED) is 0.168. The number of hydrogen-bond acceptors (Lipinski definition) is 2. The predicted molar refractivity (Wildman–Crippen MR) is 239 cm³/mol. The van der Waals surface area contributed by atoms with Crippen LogP contribution in [0.15, 0.2) is 133 Å². The van der Waals surface area contributed by atoms with Crippen LogP contribution < -0.4 is 9.80 Å². The highest BCUT2D eigenvalue weighted by molar-refractivity contribution is 5.95. The summed E-state index contributed by atoms with van der Waals surface area (Å²) in [4.78, 5) is 4.84. The molecule has 2 nitrogen and oxygen atoms in total. The summed E-state index contributed by atoms with van der Waals surface area (Å²) in [6.07, 6.45) is 0. The third kappa shape index (κ3) is 5.53. The Morgan fingerprint density at radius 1 is 0.357 bits per heavy atom. The highest BCUT2D eigenvalue weighted by atomic mass is 15.1. The first-order valence-electron chi connectivity index (χ1n) is 20.1. The van der Waals surface area contributed by atoms with E-state index in [0.717, 1.165) is 0 Å². The van der Waals surface area contributed by atoms with Crippen LogP contribution in [0, 0.1) is 41.5 Å². The number of rotatable bonds is 6.